The molecule has 1 aliphatic carbocycles. The topological polar surface area (TPSA) is 38.3 Å². The van der Waals surface area contributed by atoms with Crippen LogP contribution in [0.2, 0.25) is 0 Å². The minimum Gasteiger partial charge on any atom is -0.478 e. The number of ether oxygens (including phenoxy) is 1. The Hall–Kier alpha value is -1.58. The summed E-state index contributed by atoms with van der Waals surface area (Å²) < 4.78 is 18.8. The van der Waals surface area contributed by atoms with Crippen LogP contribution in [0.25, 0.3) is 0 Å². The van der Waals surface area contributed by atoms with Crippen molar-refractivity contribution in [1.82, 2.24) is 5.32 Å². The van der Waals surface area contributed by atoms with E-state index in [4.69, 9.17) is 4.74 Å². The molecule has 17 heavy (non-hydrogen) atoms. The van der Waals surface area contributed by atoms with Crippen molar-refractivity contribution in [3.05, 3.63) is 30.1 Å². The highest BCUT2D eigenvalue weighted by Gasteiger charge is 2.28. The maximum atomic E-state index is 13.4. The van der Waals surface area contributed by atoms with E-state index in [1.54, 1.807) is 12.1 Å². The Kier molecular flexibility index (Phi) is 3.61. The van der Waals surface area contributed by atoms with Gasteiger partial charge in [-0.25, -0.2) is 4.39 Å². The SMILES string of the molecule is CCC(Oc1ccccc1F)C(=O)NC1CC1. The fraction of sp³-hybridized carbons (Fsp3) is 0.462. The first-order valence-corrected chi connectivity index (χ1v) is 5.92. The van der Waals surface area contributed by atoms with Gasteiger partial charge in [-0.2, -0.15) is 0 Å². The first-order valence-electron chi connectivity index (χ1n) is 5.92. The second kappa shape index (κ2) is 5.17. The van der Waals surface area contributed by atoms with Gasteiger partial charge in [-0.1, -0.05) is 19.1 Å². The zero-order valence-corrected chi connectivity index (χ0v) is 9.78. The molecule has 0 radical (unpaired) electrons. The van der Waals surface area contributed by atoms with Crippen LogP contribution in [-0.4, -0.2) is 18.1 Å². The summed E-state index contributed by atoms with van der Waals surface area (Å²) in [6.07, 6.45) is 1.96. The molecule has 1 fully saturated rings. The highest BCUT2D eigenvalue weighted by atomic mass is 19.1. The monoisotopic (exact) mass is 237 g/mol. The molecule has 0 aromatic heterocycles. The molecule has 4 heteroatoms. The average molecular weight is 237 g/mol. The van der Waals surface area contributed by atoms with Crippen molar-refractivity contribution in [2.75, 3.05) is 0 Å². The number of hydrogen-bond donors (Lipinski definition) is 1. The van der Waals surface area contributed by atoms with Crippen LogP contribution in [0.5, 0.6) is 5.75 Å². The molecule has 1 unspecified atom stereocenters. The molecular formula is C13H16FNO2. The van der Waals surface area contributed by atoms with Crippen molar-refractivity contribution in [2.24, 2.45) is 0 Å². The van der Waals surface area contributed by atoms with E-state index < -0.39 is 11.9 Å². The molecule has 1 atom stereocenters. The van der Waals surface area contributed by atoms with Crippen LogP contribution < -0.4 is 10.1 Å². The Bertz CT molecular complexity index is 404. The van der Waals surface area contributed by atoms with Crippen LogP contribution in [0, 0.1) is 5.82 Å². The molecule has 1 aromatic rings. The van der Waals surface area contributed by atoms with E-state index in [1.807, 2.05) is 6.92 Å². The number of carbonyl (C=O) groups is 1. The summed E-state index contributed by atoms with van der Waals surface area (Å²) in [5.74, 6) is -0.464. The Morgan fingerprint density at radius 2 is 2.24 bits per heavy atom. The van der Waals surface area contributed by atoms with Crippen molar-refractivity contribution in [2.45, 2.75) is 38.3 Å². The van der Waals surface area contributed by atoms with Crippen molar-refractivity contribution >= 4 is 5.91 Å². The van der Waals surface area contributed by atoms with Crippen LogP contribution in [0.1, 0.15) is 26.2 Å². The molecule has 3 nitrogen and oxygen atoms in total. The fourth-order valence-corrected chi connectivity index (χ4v) is 1.54. The average Bonchev–Trinajstić information content (AvgIpc) is 3.11. The molecule has 0 aliphatic heterocycles. The fourth-order valence-electron chi connectivity index (χ4n) is 1.54. The minimum absolute atomic E-state index is 0.130. The van der Waals surface area contributed by atoms with E-state index in [0.717, 1.165) is 12.8 Å². The molecule has 1 amide bonds. The van der Waals surface area contributed by atoms with E-state index in [1.165, 1.54) is 12.1 Å². The third-order valence-electron chi connectivity index (χ3n) is 2.69. The van der Waals surface area contributed by atoms with Crippen molar-refractivity contribution in [1.29, 1.82) is 0 Å². The van der Waals surface area contributed by atoms with Gasteiger partial charge in [0.1, 0.15) is 0 Å². The smallest absolute Gasteiger partial charge is 0.261 e. The first-order chi connectivity index (χ1) is 8.20. The standard InChI is InChI=1S/C13H16FNO2/c1-2-11(13(16)15-9-7-8-9)17-12-6-4-3-5-10(12)14/h3-6,9,11H,2,7-8H2,1H3,(H,15,16). The van der Waals surface area contributed by atoms with E-state index in [-0.39, 0.29) is 11.7 Å². The third-order valence-corrected chi connectivity index (χ3v) is 2.69. The van der Waals surface area contributed by atoms with Crippen molar-refractivity contribution < 1.29 is 13.9 Å². The molecule has 1 aliphatic rings. The van der Waals surface area contributed by atoms with Gasteiger partial charge in [0.2, 0.25) is 0 Å². The summed E-state index contributed by atoms with van der Waals surface area (Å²) in [7, 11) is 0. The summed E-state index contributed by atoms with van der Waals surface area (Å²) in [6, 6.07) is 6.42. The van der Waals surface area contributed by atoms with Crippen molar-refractivity contribution in [3.63, 3.8) is 0 Å². The summed E-state index contributed by atoms with van der Waals surface area (Å²) in [4.78, 5) is 11.8. The molecule has 92 valence electrons. The Labute approximate surface area is 100.0 Å². The Morgan fingerprint density at radius 3 is 2.82 bits per heavy atom. The number of benzene rings is 1. The van der Waals surface area contributed by atoms with Crippen LogP contribution in [0.15, 0.2) is 24.3 Å². The summed E-state index contributed by atoms with van der Waals surface area (Å²) in [5, 5.41) is 2.86. The number of nitrogens with one attached hydrogen (secondary N) is 1. The summed E-state index contributed by atoms with van der Waals surface area (Å²) in [5.41, 5.74) is 0. The number of carbonyl (C=O) groups excluding carboxylic acids is 1. The van der Waals surface area contributed by atoms with Gasteiger partial charge in [0.25, 0.3) is 5.91 Å². The summed E-state index contributed by atoms with van der Waals surface area (Å²) >= 11 is 0. The van der Waals surface area contributed by atoms with E-state index in [0.29, 0.717) is 12.5 Å². The lowest BCUT2D eigenvalue weighted by Gasteiger charge is -2.17. The van der Waals surface area contributed by atoms with Crippen LogP contribution in [0.3, 0.4) is 0 Å². The number of rotatable bonds is 5. The van der Waals surface area contributed by atoms with Gasteiger partial charge in [0.15, 0.2) is 17.7 Å². The normalized spacial score (nSPS) is 16.4. The number of halogens is 1. The van der Waals surface area contributed by atoms with Gasteiger partial charge in [-0.3, -0.25) is 4.79 Å². The molecule has 2 rings (SSSR count). The molecule has 0 bridgehead atoms. The maximum absolute atomic E-state index is 13.4. The zero-order valence-electron chi connectivity index (χ0n) is 9.78. The Balaban J connectivity index is 1.98. The van der Waals surface area contributed by atoms with Gasteiger partial charge < -0.3 is 10.1 Å². The molecule has 0 heterocycles. The molecule has 0 saturated heterocycles. The second-order valence-corrected chi connectivity index (χ2v) is 4.23. The molecule has 1 aromatic carbocycles. The minimum atomic E-state index is -0.618. The van der Waals surface area contributed by atoms with E-state index >= 15 is 0 Å². The van der Waals surface area contributed by atoms with Gasteiger partial charge in [-0.15, -0.1) is 0 Å². The lowest BCUT2D eigenvalue weighted by molar-refractivity contribution is -0.128. The summed E-state index contributed by atoms with van der Waals surface area (Å²) in [6.45, 7) is 1.85. The number of amides is 1. The largest absolute Gasteiger partial charge is 0.478 e. The predicted octanol–water partition coefficient (Wildman–Crippen LogP) is 2.26. The zero-order chi connectivity index (χ0) is 12.3. The van der Waals surface area contributed by atoms with E-state index in [2.05, 4.69) is 5.32 Å². The predicted molar refractivity (Wildman–Crippen MR) is 62.3 cm³/mol. The molecule has 0 spiro atoms. The number of hydrogen-bond acceptors (Lipinski definition) is 2. The number of para-hydroxylation sites is 1. The quantitative estimate of drug-likeness (QED) is 0.853. The highest BCUT2D eigenvalue weighted by Crippen LogP contribution is 2.21. The Morgan fingerprint density at radius 1 is 1.53 bits per heavy atom. The van der Waals surface area contributed by atoms with Gasteiger partial charge in [0, 0.05) is 6.04 Å². The van der Waals surface area contributed by atoms with Gasteiger partial charge in [0.05, 0.1) is 0 Å². The lowest BCUT2D eigenvalue weighted by Crippen LogP contribution is -2.39. The van der Waals surface area contributed by atoms with Crippen LogP contribution in [-0.2, 0) is 4.79 Å². The maximum Gasteiger partial charge on any atom is 0.261 e. The van der Waals surface area contributed by atoms with Crippen molar-refractivity contribution in [3.8, 4) is 5.75 Å². The lowest BCUT2D eigenvalue weighted by atomic mass is 10.2. The molecule has 1 N–H and O–H groups in total. The van der Waals surface area contributed by atoms with Gasteiger partial charge >= 0.3 is 0 Å². The first kappa shape index (κ1) is 11.9. The third kappa shape index (κ3) is 3.19. The van der Waals surface area contributed by atoms with Crippen LogP contribution in [0.4, 0.5) is 4.39 Å². The molecular weight excluding hydrogens is 221 g/mol. The van der Waals surface area contributed by atoms with Crippen LogP contribution >= 0.6 is 0 Å². The van der Waals surface area contributed by atoms with Gasteiger partial charge in [-0.05, 0) is 31.4 Å². The molecule has 1 saturated carbocycles. The highest BCUT2D eigenvalue weighted by molar-refractivity contribution is 5.81. The second-order valence-electron chi connectivity index (χ2n) is 4.23. The van der Waals surface area contributed by atoms with E-state index in [9.17, 15) is 9.18 Å².